The van der Waals surface area contributed by atoms with Crippen LogP contribution in [0.4, 0.5) is 0 Å². The highest BCUT2D eigenvalue weighted by molar-refractivity contribution is 14.1. The van der Waals surface area contributed by atoms with Crippen LogP contribution in [0.1, 0.15) is 5.69 Å². The predicted molar refractivity (Wildman–Crippen MR) is 85.9 cm³/mol. The summed E-state index contributed by atoms with van der Waals surface area (Å²) in [5, 5.41) is 1.31. The Hall–Kier alpha value is -0.140. The molecule has 0 radical (unpaired) electrons. The summed E-state index contributed by atoms with van der Waals surface area (Å²) in [4.78, 5) is 8.65. The molecule has 0 aliphatic rings. The molecule has 0 unspecified atom stereocenters. The van der Waals surface area contributed by atoms with Gasteiger partial charge in [-0.05, 0) is 34.7 Å². The fraction of sp³-hybridized carbons (Fsp3) is 0.167. The summed E-state index contributed by atoms with van der Waals surface area (Å²) < 4.78 is 5.85. The molecule has 1 aromatic carbocycles. The van der Waals surface area contributed by atoms with Gasteiger partial charge in [-0.3, -0.25) is 0 Å². The van der Waals surface area contributed by atoms with Gasteiger partial charge in [-0.15, -0.1) is 0 Å². The van der Waals surface area contributed by atoms with E-state index in [1.54, 1.807) is 25.3 Å². The lowest BCUT2D eigenvalue weighted by molar-refractivity contribution is 0.181. The van der Waals surface area contributed by atoms with Gasteiger partial charge in [-0.1, -0.05) is 40.9 Å². The summed E-state index contributed by atoms with van der Waals surface area (Å²) in [7, 11) is 1.59. The van der Waals surface area contributed by atoms with Crippen LogP contribution in [0, 0.1) is 3.57 Å². The quantitative estimate of drug-likeness (QED) is 0.517. The highest BCUT2D eigenvalue weighted by Gasteiger charge is 2.16. The van der Waals surface area contributed by atoms with Crippen molar-refractivity contribution in [1.29, 1.82) is 0 Å². The van der Waals surface area contributed by atoms with Gasteiger partial charge in [0.05, 0.1) is 31.5 Å². The van der Waals surface area contributed by atoms with E-state index in [0.717, 1.165) is 3.57 Å². The summed E-state index contributed by atoms with van der Waals surface area (Å²) >= 11 is 20.5. The Labute approximate surface area is 139 Å². The summed E-state index contributed by atoms with van der Waals surface area (Å²) in [6, 6.07) is 5.22. The molecule has 19 heavy (non-hydrogen) atoms. The maximum Gasteiger partial charge on any atom is 0.164 e. The molecule has 100 valence electrons. The van der Waals surface area contributed by atoms with Gasteiger partial charge in [0.15, 0.2) is 5.82 Å². The Bertz CT molecular complexity index is 602. The fourth-order valence-corrected chi connectivity index (χ4v) is 2.67. The zero-order valence-corrected chi connectivity index (χ0v) is 14.2. The maximum atomic E-state index is 6.14. The lowest BCUT2D eigenvalue weighted by atomic mass is 10.2. The first kappa shape index (κ1) is 15.3. The zero-order valence-electron chi connectivity index (χ0n) is 9.75. The third-order valence-corrected chi connectivity index (χ3v) is 4.70. The average Bonchev–Trinajstić information content (AvgIpc) is 2.35. The van der Waals surface area contributed by atoms with Crippen LogP contribution in [0.2, 0.25) is 15.2 Å². The van der Waals surface area contributed by atoms with Gasteiger partial charge >= 0.3 is 0 Å². The standard InChI is InChI=1S/C12H8Cl3IN2O/c1-19-5-8-10(16)11(15)18-12(17-8)9-6(13)3-2-4-7(9)14/h2-4H,5H2,1H3. The molecule has 3 nitrogen and oxygen atoms in total. The van der Waals surface area contributed by atoms with E-state index in [1.807, 2.05) is 0 Å². The van der Waals surface area contributed by atoms with Gasteiger partial charge in [-0.25, -0.2) is 9.97 Å². The minimum atomic E-state index is 0.343. The van der Waals surface area contributed by atoms with E-state index >= 15 is 0 Å². The minimum Gasteiger partial charge on any atom is -0.378 e. The number of aromatic nitrogens is 2. The van der Waals surface area contributed by atoms with Crippen LogP contribution in [-0.4, -0.2) is 17.1 Å². The zero-order chi connectivity index (χ0) is 14.0. The number of methoxy groups -OCH3 is 1. The summed E-state index contributed by atoms with van der Waals surface area (Å²) in [5.41, 5.74) is 1.27. The van der Waals surface area contributed by atoms with Crippen LogP contribution in [0.3, 0.4) is 0 Å². The molecule has 0 fully saturated rings. The van der Waals surface area contributed by atoms with Crippen molar-refractivity contribution >= 4 is 57.4 Å². The van der Waals surface area contributed by atoms with E-state index in [1.165, 1.54) is 0 Å². The highest BCUT2D eigenvalue weighted by Crippen LogP contribution is 2.34. The number of ether oxygens (including phenoxy) is 1. The van der Waals surface area contributed by atoms with Crippen molar-refractivity contribution < 1.29 is 4.74 Å². The Morgan fingerprint density at radius 2 is 1.79 bits per heavy atom. The van der Waals surface area contributed by atoms with Crippen molar-refractivity contribution in [2.45, 2.75) is 6.61 Å². The summed E-state index contributed by atoms with van der Waals surface area (Å²) in [6.45, 7) is 0.343. The molecule has 0 atom stereocenters. The van der Waals surface area contributed by atoms with Gasteiger partial charge in [0.2, 0.25) is 0 Å². The largest absolute Gasteiger partial charge is 0.378 e. The van der Waals surface area contributed by atoms with Crippen LogP contribution in [0.15, 0.2) is 18.2 Å². The lowest BCUT2D eigenvalue weighted by Crippen LogP contribution is -2.02. The Morgan fingerprint density at radius 1 is 1.16 bits per heavy atom. The molecule has 0 aliphatic carbocycles. The average molecular weight is 429 g/mol. The lowest BCUT2D eigenvalue weighted by Gasteiger charge is -2.10. The second-order valence-corrected chi connectivity index (χ2v) is 5.88. The normalized spacial score (nSPS) is 10.8. The molecule has 0 bridgehead atoms. The molecule has 0 amide bonds. The van der Waals surface area contributed by atoms with Crippen LogP contribution < -0.4 is 0 Å². The second-order valence-electron chi connectivity index (χ2n) is 3.63. The molecule has 0 aliphatic heterocycles. The van der Waals surface area contributed by atoms with E-state index in [4.69, 9.17) is 39.5 Å². The monoisotopic (exact) mass is 428 g/mol. The molecule has 2 rings (SSSR count). The maximum absolute atomic E-state index is 6.14. The molecular weight excluding hydrogens is 421 g/mol. The number of hydrogen-bond donors (Lipinski definition) is 0. The van der Waals surface area contributed by atoms with Crippen molar-refractivity contribution in [3.63, 3.8) is 0 Å². The smallest absolute Gasteiger partial charge is 0.164 e. The number of hydrogen-bond acceptors (Lipinski definition) is 3. The van der Waals surface area contributed by atoms with E-state index in [2.05, 4.69) is 32.6 Å². The number of halogens is 4. The van der Waals surface area contributed by atoms with Gasteiger partial charge in [0.25, 0.3) is 0 Å². The molecular formula is C12H8Cl3IN2O. The molecule has 1 aromatic heterocycles. The Balaban J connectivity index is 2.63. The number of rotatable bonds is 3. The highest BCUT2D eigenvalue weighted by atomic mass is 127. The second kappa shape index (κ2) is 6.54. The predicted octanol–water partition coefficient (Wildman–Crippen LogP) is 4.85. The molecule has 7 heteroatoms. The molecule has 0 saturated heterocycles. The van der Waals surface area contributed by atoms with Crippen molar-refractivity contribution in [2.75, 3.05) is 7.11 Å². The fourth-order valence-electron chi connectivity index (χ4n) is 1.52. The molecule has 2 aromatic rings. The molecule has 1 heterocycles. The summed E-state index contributed by atoms with van der Waals surface area (Å²) in [6.07, 6.45) is 0. The van der Waals surface area contributed by atoms with Crippen molar-refractivity contribution in [2.24, 2.45) is 0 Å². The number of nitrogens with zero attached hydrogens (tertiary/aromatic N) is 2. The van der Waals surface area contributed by atoms with Gasteiger partial charge < -0.3 is 4.74 Å². The molecule has 0 spiro atoms. The Kier molecular flexibility index (Phi) is 5.25. The minimum absolute atomic E-state index is 0.343. The van der Waals surface area contributed by atoms with Crippen molar-refractivity contribution in [3.8, 4) is 11.4 Å². The van der Waals surface area contributed by atoms with Crippen LogP contribution in [0.5, 0.6) is 0 Å². The van der Waals surface area contributed by atoms with E-state index in [0.29, 0.717) is 38.9 Å². The van der Waals surface area contributed by atoms with E-state index < -0.39 is 0 Å². The first-order chi connectivity index (χ1) is 9.04. The van der Waals surface area contributed by atoms with E-state index in [-0.39, 0.29) is 0 Å². The first-order valence-corrected chi connectivity index (χ1v) is 7.41. The Morgan fingerprint density at radius 3 is 2.37 bits per heavy atom. The SMILES string of the molecule is COCc1nc(-c2c(Cl)cccc2Cl)nc(Cl)c1I. The van der Waals surface area contributed by atoms with Gasteiger partial charge in [0, 0.05) is 7.11 Å². The summed E-state index contributed by atoms with van der Waals surface area (Å²) in [5.74, 6) is 0.396. The van der Waals surface area contributed by atoms with Crippen LogP contribution in [-0.2, 0) is 11.3 Å². The third kappa shape index (κ3) is 3.31. The third-order valence-electron chi connectivity index (χ3n) is 2.35. The molecule has 0 saturated carbocycles. The first-order valence-electron chi connectivity index (χ1n) is 5.19. The van der Waals surface area contributed by atoms with Gasteiger partial charge in [0.1, 0.15) is 5.15 Å². The van der Waals surface area contributed by atoms with Crippen molar-refractivity contribution in [1.82, 2.24) is 9.97 Å². The van der Waals surface area contributed by atoms with Crippen molar-refractivity contribution in [3.05, 3.63) is 42.7 Å². The topological polar surface area (TPSA) is 35.0 Å². The van der Waals surface area contributed by atoms with Crippen LogP contribution in [0.25, 0.3) is 11.4 Å². The van der Waals surface area contributed by atoms with Gasteiger partial charge in [-0.2, -0.15) is 0 Å². The number of benzene rings is 1. The molecule has 0 N–H and O–H groups in total. The van der Waals surface area contributed by atoms with Crippen LogP contribution >= 0.6 is 57.4 Å². The van der Waals surface area contributed by atoms with E-state index in [9.17, 15) is 0 Å².